The number of rotatable bonds is 6. The fraction of sp³-hybridized carbons (Fsp3) is 0.391. The largest absolute Gasteiger partial charge is 0.489 e. The predicted octanol–water partition coefficient (Wildman–Crippen LogP) is 3.59. The highest BCUT2D eigenvalue weighted by Crippen LogP contribution is 2.54. The maximum Gasteiger partial charge on any atom is 0.224 e. The fourth-order valence-electron chi connectivity index (χ4n) is 4.01. The zero-order valence-corrected chi connectivity index (χ0v) is 17.4. The number of carbonyl (C=O) groups is 1. The van der Waals surface area contributed by atoms with Crippen molar-refractivity contribution in [3.05, 3.63) is 65.1 Å². The van der Waals surface area contributed by atoms with Crippen LogP contribution in [-0.4, -0.2) is 34.7 Å². The molecule has 1 aliphatic carbocycles. The number of aryl methyl sites for hydroxylation is 2. The number of ether oxygens (including phenoxy) is 1. The summed E-state index contributed by atoms with van der Waals surface area (Å²) in [5.74, 6) is 0.561. The van der Waals surface area contributed by atoms with E-state index in [1.54, 1.807) is 13.1 Å². The van der Waals surface area contributed by atoms with Gasteiger partial charge in [-0.1, -0.05) is 30.3 Å². The Morgan fingerprint density at radius 3 is 2.73 bits per heavy atom. The number of benzene rings is 1. The molecular weight excluding hydrogens is 383 g/mol. The van der Waals surface area contributed by atoms with E-state index in [-0.39, 0.29) is 17.9 Å². The van der Waals surface area contributed by atoms with Crippen molar-refractivity contribution in [3.8, 4) is 5.75 Å². The highest BCUT2D eigenvalue weighted by molar-refractivity contribution is 5.87. The first-order valence-electron chi connectivity index (χ1n) is 10.1. The Balaban J connectivity index is 1.49. The Morgan fingerprint density at radius 2 is 2.03 bits per heavy atom. The minimum Gasteiger partial charge on any atom is -0.489 e. The van der Waals surface area contributed by atoms with E-state index in [4.69, 9.17) is 4.74 Å². The Labute approximate surface area is 175 Å². The molecule has 1 unspecified atom stereocenters. The molecule has 0 saturated heterocycles. The third-order valence-electron chi connectivity index (χ3n) is 5.85. The second kappa shape index (κ2) is 7.97. The molecule has 1 aliphatic heterocycles. The van der Waals surface area contributed by atoms with Gasteiger partial charge in [-0.15, -0.1) is 0 Å². The van der Waals surface area contributed by atoms with Crippen LogP contribution in [0.4, 0.5) is 4.39 Å². The molecule has 2 aliphatic rings. The number of nitrogens with zero attached hydrogens (tertiary/aromatic N) is 3. The third kappa shape index (κ3) is 3.97. The van der Waals surface area contributed by atoms with Crippen molar-refractivity contribution in [3.63, 3.8) is 0 Å². The van der Waals surface area contributed by atoms with Crippen LogP contribution in [0.3, 0.4) is 0 Å². The van der Waals surface area contributed by atoms with Crippen LogP contribution in [0.1, 0.15) is 36.8 Å². The number of hydrogen-bond donors (Lipinski definition) is 1. The molecule has 156 valence electrons. The lowest BCUT2D eigenvalue weighted by Crippen LogP contribution is -2.40. The lowest BCUT2D eigenvalue weighted by atomic mass is 9.93. The van der Waals surface area contributed by atoms with Crippen LogP contribution in [0.15, 0.2) is 53.0 Å². The van der Waals surface area contributed by atoms with Crippen molar-refractivity contribution in [2.75, 3.05) is 6.61 Å². The summed E-state index contributed by atoms with van der Waals surface area (Å²) in [7, 11) is 0. The second-order valence-electron chi connectivity index (χ2n) is 8.10. The van der Waals surface area contributed by atoms with Gasteiger partial charge < -0.3 is 10.1 Å². The normalized spacial score (nSPS) is 25.2. The molecule has 4 rings (SSSR count). The molecule has 3 atom stereocenters. The molecule has 0 bridgehead atoms. The van der Waals surface area contributed by atoms with Gasteiger partial charge >= 0.3 is 0 Å². The van der Waals surface area contributed by atoms with Gasteiger partial charge in [0.05, 0.1) is 30.5 Å². The highest BCUT2D eigenvalue weighted by atomic mass is 19.1. The summed E-state index contributed by atoms with van der Waals surface area (Å²) in [4.78, 5) is 25.3. The van der Waals surface area contributed by atoms with Gasteiger partial charge in [-0.3, -0.25) is 4.79 Å². The molecule has 0 spiro atoms. The summed E-state index contributed by atoms with van der Waals surface area (Å²) in [6.07, 6.45) is 4.26. The van der Waals surface area contributed by atoms with Gasteiger partial charge in [-0.2, -0.15) is 4.39 Å². The quantitative estimate of drug-likeness (QED) is 0.741. The van der Waals surface area contributed by atoms with E-state index in [0.29, 0.717) is 36.6 Å². The van der Waals surface area contributed by atoms with E-state index in [0.717, 1.165) is 11.3 Å². The average Bonchev–Trinajstić information content (AvgIpc) is 3.47. The molecule has 1 fully saturated rings. The van der Waals surface area contributed by atoms with Crippen LogP contribution in [-0.2, 0) is 10.2 Å². The first kappa shape index (κ1) is 20.2. The van der Waals surface area contributed by atoms with E-state index in [2.05, 4.69) is 20.3 Å². The average molecular weight is 408 g/mol. The van der Waals surface area contributed by atoms with Gasteiger partial charge in [-0.25, -0.2) is 15.0 Å². The van der Waals surface area contributed by atoms with Gasteiger partial charge in [0.25, 0.3) is 0 Å². The van der Waals surface area contributed by atoms with Gasteiger partial charge in [0.1, 0.15) is 5.82 Å². The highest BCUT2D eigenvalue weighted by Gasteiger charge is 2.60. The molecule has 1 aromatic carbocycles. The molecule has 1 amide bonds. The second-order valence-corrected chi connectivity index (χ2v) is 8.10. The summed E-state index contributed by atoms with van der Waals surface area (Å²) in [5, 5.41) is 3.00. The number of aliphatic imine (C=N–C) groups is 1. The smallest absolute Gasteiger partial charge is 0.224 e. The number of halogens is 1. The number of amides is 1. The van der Waals surface area contributed by atoms with Crippen molar-refractivity contribution in [2.24, 2.45) is 10.9 Å². The Kier molecular flexibility index (Phi) is 5.37. The molecule has 6 nitrogen and oxygen atoms in total. The van der Waals surface area contributed by atoms with Crippen LogP contribution in [0.25, 0.3) is 0 Å². The maximum absolute atomic E-state index is 13.5. The van der Waals surface area contributed by atoms with E-state index < -0.39 is 11.4 Å². The molecule has 2 aromatic rings. The van der Waals surface area contributed by atoms with E-state index in [1.807, 2.05) is 44.2 Å². The third-order valence-corrected chi connectivity index (χ3v) is 5.85. The zero-order chi connectivity index (χ0) is 21.3. The van der Waals surface area contributed by atoms with E-state index in [1.165, 1.54) is 6.21 Å². The minimum atomic E-state index is -0.463. The molecule has 1 saturated carbocycles. The van der Waals surface area contributed by atoms with Crippen LogP contribution in [0, 0.1) is 19.8 Å². The van der Waals surface area contributed by atoms with Crippen molar-refractivity contribution in [1.82, 2.24) is 15.3 Å². The molecular formula is C23H25FN4O2. The Hall–Kier alpha value is -3.09. The molecule has 0 radical (unpaired) electrons. The van der Waals surface area contributed by atoms with Crippen LogP contribution in [0.5, 0.6) is 5.75 Å². The monoisotopic (exact) mass is 408 g/mol. The first-order valence-corrected chi connectivity index (χ1v) is 10.1. The summed E-state index contributed by atoms with van der Waals surface area (Å²) >= 11 is 0. The van der Waals surface area contributed by atoms with E-state index >= 15 is 0 Å². The van der Waals surface area contributed by atoms with Gasteiger partial charge in [0.15, 0.2) is 5.75 Å². The summed E-state index contributed by atoms with van der Waals surface area (Å²) in [6.45, 7) is 5.76. The van der Waals surface area contributed by atoms with Gasteiger partial charge in [0, 0.05) is 11.6 Å². The first-order chi connectivity index (χ1) is 14.4. The molecule has 1 aromatic heterocycles. The lowest BCUT2D eigenvalue weighted by Gasteiger charge is -2.21. The standard InChI is InChI=1S/C23H25FN4O2/c1-14-9-18(11-26-21(14)24)28-22(29)19-10-23(19,17-7-5-4-6-8-17)13-30-20-12-25-16(3)27-15(20)2/h4-8,11-12,18-19H,9-10,13H2,1-3H3,(H,28,29)/t18?,19-,23+/m0/s1. The summed E-state index contributed by atoms with van der Waals surface area (Å²) in [5.41, 5.74) is 1.97. The van der Waals surface area contributed by atoms with Crippen molar-refractivity contribution in [2.45, 2.75) is 45.1 Å². The SMILES string of the molecule is CC1=C(F)N=CC(NC(=O)[C@@H]2C[C@@]2(COc2cnc(C)nc2C)c2ccccc2)C1. The molecule has 1 N–H and O–H groups in total. The lowest BCUT2D eigenvalue weighted by molar-refractivity contribution is -0.123. The van der Waals surface area contributed by atoms with Crippen LogP contribution >= 0.6 is 0 Å². The van der Waals surface area contributed by atoms with Gasteiger partial charge in [-0.05, 0) is 44.7 Å². The van der Waals surface area contributed by atoms with Crippen molar-refractivity contribution >= 4 is 12.1 Å². The predicted molar refractivity (Wildman–Crippen MR) is 112 cm³/mol. The number of nitrogens with one attached hydrogen (secondary N) is 1. The van der Waals surface area contributed by atoms with Crippen molar-refractivity contribution in [1.29, 1.82) is 0 Å². The Morgan fingerprint density at radius 1 is 1.27 bits per heavy atom. The fourth-order valence-corrected chi connectivity index (χ4v) is 4.01. The number of aromatic nitrogens is 2. The van der Waals surface area contributed by atoms with Crippen LogP contribution < -0.4 is 10.1 Å². The minimum absolute atomic E-state index is 0.0640. The van der Waals surface area contributed by atoms with Crippen LogP contribution in [0.2, 0.25) is 0 Å². The summed E-state index contributed by atoms with van der Waals surface area (Å²) in [6, 6.07) is 9.65. The topological polar surface area (TPSA) is 76.5 Å². The number of hydrogen-bond acceptors (Lipinski definition) is 5. The van der Waals surface area contributed by atoms with Crippen molar-refractivity contribution < 1.29 is 13.9 Å². The Bertz CT molecular complexity index is 1020. The van der Waals surface area contributed by atoms with Gasteiger partial charge in [0.2, 0.25) is 11.9 Å². The molecule has 7 heteroatoms. The van der Waals surface area contributed by atoms with E-state index in [9.17, 15) is 9.18 Å². The zero-order valence-electron chi connectivity index (χ0n) is 17.4. The summed E-state index contributed by atoms with van der Waals surface area (Å²) < 4.78 is 19.6. The molecule has 30 heavy (non-hydrogen) atoms. The molecule has 2 heterocycles. The number of carbonyl (C=O) groups excluding carboxylic acids is 1. The maximum atomic E-state index is 13.5.